The number of rotatable bonds is 7. The van der Waals surface area contributed by atoms with Gasteiger partial charge in [0.2, 0.25) is 5.91 Å². The first-order chi connectivity index (χ1) is 9.17. The molecule has 0 bridgehead atoms. The van der Waals surface area contributed by atoms with E-state index in [1.54, 1.807) is 0 Å². The molecule has 0 heterocycles. The van der Waals surface area contributed by atoms with Crippen LogP contribution in [0.5, 0.6) is 0 Å². The molecule has 3 nitrogen and oxygen atoms in total. The summed E-state index contributed by atoms with van der Waals surface area (Å²) in [5.41, 5.74) is 6.06. The molecule has 0 spiro atoms. The van der Waals surface area contributed by atoms with Gasteiger partial charge < -0.3 is 11.1 Å². The molecular weight excluding hydrogens is 236 g/mol. The summed E-state index contributed by atoms with van der Waals surface area (Å²) < 4.78 is 0. The number of nitrogens with one attached hydrogen (secondary N) is 1. The Kier molecular flexibility index (Phi) is 5.26. The number of carbonyl (C=O) groups excluding carboxylic acids is 1. The zero-order valence-corrected chi connectivity index (χ0v) is 12.4. The fraction of sp³-hybridized carbons (Fsp3) is 0.938. The van der Waals surface area contributed by atoms with Gasteiger partial charge in [0.05, 0.1) is 0 Å². The van der Waals surface area contributed by atoms with E-state index in [0.29, 0.717) is 19.0 Å². The van der Waals surface area contributed by atoms with Crippen LogP contribution in [0.4, 0.5) is 0 Å². The number of carbonyl (C=O) groups is 1. The number of nitrogens with two attached hydrogens (primary N) is 1. The third-order valence-corrected chi connectivity index (χ3v) is 5.06. The largest absolute Gasteiger partial charge is 0.353 e. The van der Waals surface area contributed by atoms with E-state index in [1.807, 2.05) is 0 Å². The maximum atomic E-state index is 12.3. The molecule has 2 aliphatic rings. The predicted octanol–water partition coefficient (Wildman–Crippen LogP) is 2.98. The maximum Gasteiger partial charge on any atom is 0.220 e. The molecule has 2 aliphatic carbocycles. The zero-order chi connectivity index (χ0) is 13.7. The second-order valence-electron chi connectivity index (χ2n) is 6.79. The average molecular weight is 266 g/mol. The number of amides is 1. The topological polar surface area (TPSA) is 55.1 Å². The standard InChI is InChI=1S/C16H30N2O/c1-2-14(10-13-6-7-13)18-15(19)11-16(12-17)8-4-3-5-9-16/h13-14H,2-12,17H2,1H3,(H,18,19). The van der Waals surface area contributed by atoms with Crippen LogP contribution in [0.3, 0.4) is 0 Å². The quantitative estimate of drug-likeness (QED) is 0.744. The highest BCUT2D eigenvalue weighted by molar-refractivity contribution is 5.77. The first-order valence-electron chi connectivity index (χ1n) is 8.17. The van der Waals surface area contributed by atoms with Crippen LogP contribution < -0.4 is 11.1 Å². The Bertz CT molecular complexity index is 293. The first kappa shape index (κ1) is 14.8. The summed E-state index contributed by atoms with van der Waals surface area (Å²) in [6.45, 7) is 2.84. The van der Waals surface area contributed by atoms with Crippen molar-refractivity contribution in [1.82, 2.24) is 5.32 Å². The molecule has 0 aromatic rings. The minimum atomic E-state index is 0.0974. The normalized spacial score (nSPS) is 23.9. The van der Waals surface area contributed by atoms with E-state index in [2.05, 4.69) is 12.2 Å². The molecule has 2 fully saturated rings. The van der Waals surface area contributed by atoms with Gasteiger partial charge in [-0.1, -0.05) is 39.0 Å². The fourth-order valence-corrected chi connectivity index (χ4v) is 3.46. The number of hydrogen-bond acceptors (Lipinski definition) is 2. The molecule has 2 saturated carbocycles. The van der Waals surface area contributed by atoms with Gasteiger partial charge in [0, 0.05) is 12.5 Å². The van der Waals surface area contributed by atoms with Crippen LogP contribution in [0.15, 0.2) is 0 Å². The van der Waals surface area contributed by atoms with Crippen molar-refractivity contribution >= 4 is 5.91 Å². The summed E-state index contributed by atoms with van der Waals surface area (Å²) >= 11 is 0. The SMILES string of the molecule is CCC(CC1CC1)NC(=O)CC1(CN)CCCCC1. The van der Waals surface area contributed by atoms with Gasteiger partial charge in [0.15, 0.2) is 0 Å². The van der Waals surface area contributed by atoms with Crippen molar-refractivity contribution in [2.24, 2.45) is 17.1 Å². The van der Waals surface area contributed by atoms with Crippen LogP contribution in [0, 0.1) is 11.3 Å². The predicted molar refractivity (Wildman–Crippen MR) is 78.8 cm³/mol. The third kappa shape index (κ3) is 4.48. The Hall–Kier alpha value is -0.570. The van der Waals surface area contributed by atoms with E-state index in [1.165, 1.54) is 38.5 Å². The van der Waals surface area contributed by atoms with Gasteiger partial charge in [-0.3, -0.25) is 4.79 Å². The molecule has 3 N–H and O–H groups in total. The van der Waals surface area contributed by atoms with Crippen LogP contribution in [0.25, 0.3) is 0 Å². The molecule has 0 aromatic heterocycles. The summed E-state index contributed by atoms with van der Waals surface area (Å²) in [7, 11) is 0. The third-order valence-electron chi connectivity index (χ3n) is 5.06. The monoisotopic (exact) mass is 266 g/mol. The lowest BCUT2D eigenvalue weighted by molar-refractivity contribution is -0.124. The summed E-state index contributed by atoms with van der Waals surface area (Å²) in [5, 5.41) is 3.25. The van der Waals surface area contributed by atoms with Crippen molar-refractivity contribution in [3.8, 4) is 0 Å². The van der Waals surface area contributed by atoms with E-state index in [9.17, 15) is 4.79 Å². The molecular formula is C16H30N2O. The minimum Gasteiger partial charge on any atom is -0.353 e. The van der Waals surface area contributed by atoms with Crippen molar-refractivity contribution in [3.05, 3.63) is 0 Å². The summed E-state index contributed by atoms with van der Waals surface area (Å²) in [6.07, 6.45) is 11.7. The Morgan fingerprint density at radius 2 is 2.00 bits per heavy atom. The van der Waals surface area contributed by atoms with Crippen molar-refractivity contribution in [3.63, 3.8) is 0 Å². The molecule has 0 radical (unpaired) electrons. The lowest BCUT2D eigenvalue weighted by atomic mass is 9.71. The van der Waals surface area contributed by atoms with E-state index >= 15 is 0 Å². The van der Waals surface area contributed by atoms with E-state index in [0.717, 1.165) is 25.2 Å². The van der Waals surface area contributed by atoms with Crippen molar-refractivity contribution < 1.29 is 4.79 Å². The highest BCUT2D eigenvalue weighted by atomic mass is 16.1. The average Bonchev–Trinajstić information content (AvgIpc) is 3.23. The lowest BCUT2D eigenvalue weighted by Gasteiger charge is -2.36. The molecule has 3 heteroatoms. The van der Waals surface area contributed by atoms with Crippen molar-refractivity contribution in [2.75, 3.05) is 6.54 Å². The summed E-state index contributed by atoms with van der Waals surface area (Å²) in [5.74, 6) is 1.11. The van der Waals surface area contributed by atoms with Crippen LogP contribution in [-0.4, -0.2) is 18.5 Å². The van der Waals surface area contributed by atoms with Gasteiger partial charge in [-0.05, 0) is 43.6 Å². The van der Waals surface area contributed by atoms with E-state index in [-0.39, 0.29) is 11.3 Å². The van der Waals surface area contributed by atoms with Gasteiger partial charge in [0.25, 0.3) is 0 Å². The van der Waals surface area contributed by atoms with Crippen LogP contribution in [-0.2, 0) is 4.79 Å². The van der Waals surface area contributed by atoms with Gasteiger partial charge in [-0.15, -0.1) is 0 Å². The second-order valence-corrected chi connectivity index (χ2v) is 6.79. The van der Waals surface area contributed by atoms with Crippen LogP contribution in [0.2, 0.25) is 0 Å². The molecule has 1 atom stereocenters. The molecule has 1 unspecified atom stereocenters. The molecule has 19 heavy (non-hydrogen) atoms. The van der Waals surface area contributed by atoms with E-state index in [4.69, 9.17) is 5.73 Å². The van der Waals surface area contributed by atoms with Crippen LogP contribution >= 0.6 is 0 Å². The maximum absolute atomic E-state index is 12.3. The van der Waals surface area contributed by atoms with Gasteiger partial charge >= 0.3 is 0 Å². The molecule has 2 rings (SSSR count). The van der Waals surface area contributed by atoms with Crippen molar-refractivity contribution in [2.45, 2.75) is 77.2 Å². The first-order valence-corrected chi connectivity index (χ1v) is 8.17. The Balaban J connectivity index is 1.80. The summed E-state index contributed by atoms with van der Waals surface area (Å²) in [6, 6.07) is 0.387. The molecule has 110 valence electrons. The Labute approximate surface area is 117 Å². The number of hydrogen-bond donors (Lipinski definition) is 2. The highest BCUT2D eigenvalue weighted by Crippen LogP contribution is 2.38. The Morgan fingerprint density at radius 1 is 1.32 bits per heavy atom. The zero-order valence-electron chi connectivity index (χ0n) is 12.4. The lowest BCUT2D eigenvalue weighted by Crippen LogP contribution is -2.41. The molecule has 0 aromatic carbocycles. The van der Waals surface area contributed by atoms with Gasteiger partial charge in [0.1, 0.15) is 0 Å². The van der Waals surface area contributed by atoms with E-state index < -0.39 is 0 Å². The highest BCUT2D eigenvalue weighted by Gasteiger charge is 2.33. The molecule has 1 amide bonds. The second kappa shape index (κ2) is 6.74. The van der Waals surface area contributed by atoms with Crippen LogP contribution in [0.1, 0.15) is 71.1 Å². The fourth-order valence-electron chi connectivity index (χ4n) is 3.46. The molecule has 0 saturated heterocycles. The Morgan fingerprint density at radius 3 is 2.53 bits per heavy atom. The molecule has 0 aliphatic heterocycles. The van der Waals surface area contributed by atoms with Gasteiger partial charge in [-0.25, -0.2) is 0 Å². The minimum absolute atomic E-state index is 0.0974. The smallest absolute Gasteiger partial charge is 0.220 e. The van der Waals surface area contributed by atoms with Crippen molar-refractivity contribution in [1.29, 1.82) is 0 Å². The van der Waals surface area contributed by atoms with Gasteiger partial charge in [-0.2, -0.15) is 0 Å². The summed E-state index contributed by atoms with van der Waals surface area (Å²) in [4.78, 5) is 12.3.